The summed E-state index contributed by atoms with van der Waals surface area (Å²) in [7, 11) is 0. The molecule has 3 aliphatic carbocycles. The number of fused-ring (bicyclic) bond motifs is 3. The Morgan fingerprint density at radius 1 is 0.941 bits per heavy atom. The summed E-state index contributed by atoms with van der Waals surface area (Å²) in [5.41, 5.74) is 10.0. The molecule has 2 bridgehead atoms. The van der Waals surface area contributed by atoms with Crippen molar-refractivity contribution < 1.29 is 0 Å². The van der Waals surface area contributed by atoms with E-state index in [0.29, 0.717) is 5.41 Å². The predicted octanol–water partition coefficient (Wildman–Crippen LogP) is 3.55. The average molecular weight is 229 g/mol. The summed E-state index contributed by atoms with van der Waals surface area (Å²) in [4.78, 5) is 0. The van der Waals surface area contributed by atoms with Gasteiger partial charge in [-0.05, 0) is 61.5 Å². The van der Waals surface area contributed by atoms with Crippen LogP contribution in [-0.2, 0) is 11.8 Å². The van der Waals surface area contributed by atoms with Crippen LogP contribution in [0.15, 0.2) is 24.3 Å². The predicted molar refractivity (Wildman–Crippen MR) is 72.1 cm³/mol. The van der Waals surface area contributed by atoms with Gasteiger partial charge in [0.1, 0.15) is 0 Å². The molecule has 4 rings (SSSR count). The molecule has 2 N–H and O–H groups in total. The molecule has 3 fully saturated rings. The fourth-order valence-electron chi connectivity index (χ4n) is 3.74. The first kappa shape index (κ1) is 11.3. The Balaban J connectivity index is 1.88. The number of hydrogen-bond donors (Lipinski definition) is 1. The molecule has 92 valence electrons. The molecule has 1 aromatic rings. The Kier molecular flexibility index (Phi) is 2.55. The van der Waals surface area contributed by atoms with E-state index in [1.165, 1.54) is 44.1 Å². The first-order chi connectivity index (χ1) is 8.16. The second-order valence-corrected chi connectivity index (χ2v) is 6.19. The van der Waals surface area contributed by atoms with E-state index in [0.717, 1.165) is 6.42 Å². The molecule has 0 atom stereocenters. The molecule has 0 unspecified atom stereocenters. The van der Waals surface area contributed by atoms with Crippen LogP contribution in [0.3, 0.4) is 0 Å². The Morgan fingerprint density at radius 3 is 1.94 bits per heavy atom. The third kappa shape index (κ3) is 1.81. The Morgan fingerprint density at radius 2 is 1.47 bits per heavy atom. The van der Waals surface area contributed by atoms with Crippen LogP contribution < -0.4 is 5.73 Å². The highest BCUT2D eigenvalue weighted by atomic mass is 14.8. The molecule has 0 heterocycles. The average Bonchev–Trinajstić information content (AvgIpc) is 2.40. The highest BCUT2D eigenvalue weighted by Crippen LogP contribution is 2.52. The maximum absolute atomic E-state index is 6.38. The van der Waals surface area contributed by atoms with Crippen molar-refractivity contribution in [3.63, 3.8) is 0 Å². The van der Waals surface area contributed by atoms with Gasteiger partial charge in [0.2, 0.25) is 0 Å². The molecular formula is C16H23N. The van der Waals surface area contributed by atoms with Crippen LogP contribution in [0.25, 0.3) is 0 Å². The molecule has 1 nitrogen and oxygen atoms in total. The maximum Gasteiger partial charge on any atom is 0.0155 e. The van der Waals surface area contributed by atoms with Crippen molar-refractivity contribution in [2.75, 3.05) is 0 Å². The van der Waals surface area contributed by atoms with Gasteiger partial charge in [0.05, 0.1) is 0 Å². The third-order valence-corrected chi connectivity index (χ3v) is 5.28. The molecule has 1 heteroatoms. The standard InChI is InChI=1S/C16H23N/c1-2-13-3-5-14(6-4-13)15-7-10-16(17,11-8-15)12-9-15/h3-6H,2,7-12,17H2,1H3. The van der Waals surface area contributed by atoms with E-state index in [9.17, 15) is 0 Å². The normalized spacial score (nSPS) is 36.1. The summed E-state index contributed by atoms with van der Waals surface area (Å²) in [5.74, 6) is 0. The van der Waals surface area contributed by atoms with Crippen LogP contribution >= 0.6 is 0 Å². The molecule has 17 heavy (non-hydrogen) atoms. The highest BCUT2D eigenvalue weighted by molar-refractivity contribution is 5.32. The number of benzene rings is 1. The van der Waals surface area contributed by atoms with Gasteiger partial charge >= 0.3 is 0 Å². The second-order valence-electron chi connectivity index (χ2n) is 6.19. The van der Waals surface area contributed by atoms with Crippen LogP contribution in [0.5, 0.6) is 0 Å². The largest absolute Gasteiger partial charge is 0.325 e. The summed E-state index contributed by atoms with van der Waals surface area (Å²) in [6.07, 6.45) is 8.71. The van der Waals surface area contributed by atoms with Crippen molar-refractivity contribution in [2.24, 2.45) is 5.73 Å². The first-order valence-corrected chi connectivity index (χ1v) is 7.04. The maximum atomic E-state index is 6.38. The van der Waals surface area contributed by atoms with Crippen LogP contribution in [0.1, 0.15) is 56.6 Å². The molecule has 1 aromatic carbocycles. The third-order valence-electron chi connectivity index (χ3n) is 5.28. The topological polar surface area (TPSA) is 26.0 Å². The van der Waals surface area contributed by atoms with Gasteiger partial charge < -0.3 is 5.73 Å². The number of nitrogens with two attached hydrogens (primary N) is 1. The van der Waals surface area contributed by atoms with E-state index >= 15 is 0 Å². The molecule has 3 aliphatic rings. The van der Waals surface area contributed by atoms with Crippen LogP contribution in [0.2, 0.25) is 0 Å². The Hall–Kier alpha value is -0.820. The van der Waals surface area contributed by atoms with Gasteiger partial charge in [-0.1, -0.05) is 31.2 Å². The minimum Gasteiger partial charge on any atom is -0.325 e. The van der Waals surface area contributed by atoms with E-state index in [1.807, 2.05) is 0 Å². The number of hydrogen-bond acceptors (Lipinski definition) is 1. The van der Waals surface area contributed by atoms with Crippen LogP contribution in [0, 0.1) is 0 Å². The molecular weight excluding hydrogens is 206 g/mol. The quantitative estimate of drug-likeness (QED) is 0.824. The van der Waals surface area contributed by atoms with Crippen molar-refractivity contribution in [1.82, 2.24) is 0 Å². The van der Waals surface area contributed by atoms with Crippen molar-refractivity contribution in [3.05, 3.63) is 35.4 Å². The van der Waals surface area contributed by atoms with Gasteiger partial charge in [0.15, 0.2) is 0 Å². The molecule has 0 radical (unpaired) electrons. The first-order valence-electron chi connectivity index (χ1n) is 7.04. The lowest BCUT2D eigenvalue weighted by molar-refractivity contribution is 0.107. The van der Waals surface area contributed by atoms with E-state index < -0.39 is 0 Å². The fraction of sp³-hybridized carbons (Fsp3) is 0.625. The zero-order valence-corrected chi connectivity index (χ0v) is 10.8. The number of rotatable bonds is 2. The molecule has 0 spiro atoms. The van der Waals surface area contributed by atoms with Crippen molar-refractivity contribution in [3.8, 4) is 0 Å². The minimum absolute atomic E-state index is 0.186. The van der Waals surface area contributed by atoms with Gasteiger partial charge in [-0.15, -0.1) is 0 Å². The van der Waals surface area contributed by atoms with Gasteiger partial charge in [0.25, 0.3) is 0 Å². The van der Waals surface area contributed by atoms with Gasteiger partial charge in [-0.2, -0.15) is 0 Å². The smallest absolute Gasteiger partial charge is 0.0155 e. The van der Waals surface area contributed by atoms with Gasteiger partial charge in [-0.25, -0.2) is 0 Å². The Labute approximate surface area is 104 Å². The van der Waals surface area contributed by atoms with Crippen molar-refractivity contribution in [2.45, 2.75) is 62.8 Å². The van der Waals surface area contributed by atoms with E-state index in [4.69, 9.17) is 5.73 Å². The van der Waals surface area contributed by atoms with Crippen molar-refractivity contribution >= 4 is 0 Å². The lowest BCUT2D eigenvalue weighted by atomic mass is 9.55. The van der Waals surface area contributed by atoms with Gasteiger partial charge in [-0.3, -0.25) is 0 Å². The van der Waals surface area contributed by atoms with Crippen molar-refractivity contribution in [1.29, 1.82) is 0 Å². The van der Waals surface area contributed by atoms with Crippen LogP contribution in [-0.4, -0.2) is 5.54 Å². The minimum atomic E-state index is 0.186. The summed E-state index contributed by atoms with van der Waals surface area (Å²) in [6, 6.07) is 9.35. The van der Waals surface area contributed by atoms with E-state index in [2.05, 4.69) is 31.2 Å². The highest BCUT2D eigenvalue weighted by Gasteiger charge is 2.47. The molecule has 0 saturated heterocycles. The summed E-state index contributed by atoms with van der Waals surface area (Å²) in [6.45, 7) is 2.22. The van der Waals surface area contributed by atoms with E-state index in [1.54, 1.807) is 5.56 Å². The zero-order valence-electron chi connectivity index (χ0n) is 10.8. The monoisotopic (exact) mass is 229 g/mol. The lowest BCUT2D eigenvalue weighted by Gasteiger charge is -2.52. The summed E-state index contributed by atoms with van der Waals surface area (Å²) < 4.78 is 0. The van der Waals surface area contributed by atoms with E-state index in [-0.39, 0.29) is 5.54 Å². The summed E-state index contributed by atoms with van der Waals surface area (Å²) in [5, 5.41) is 0. The molecule has 0 amide bonds. The molecule has 3 saturated carbocycles. The lowest BCUT2D eigenvalue weighted by Crippen LogP contribution is -2.53. The molecule has 0 aliphatic heterocycles. The number of aryl methyl sites for hydroxylation is 1. The zero-order chi connectivity index (χ0) is 11.9. The van der Waals surface area contributed by atoms with Gasteiger partial charge in [0, 0.05) is 5.54 Å². The SMILES string of the molecule is CCc1ccc(C23CCC(N)(CC2)CC3)cc1. The van der Waals surface area contributed by atoms with Crippen LogP contribution in [0.4, 0.5) is 0 Å². The fourth-order valence-corrected chi connectivity index (χ4v) is 3.74. The summed E-state index contributed by atoms with van der Waals surface area (Å²) >= 11 is 0. The molecule has 0 aromatic heterocycles. The Bertz CT molecular complexity index is 380. The second kappa shape index (κ2) is 3.84.